The Labute approximate surface area is 95.9 Å². The molecule has 0 aliphatic heterocycles. The van der Waals surface area contributed by atoms with Crippen LogP contribution in [0.2, 0.25) is 0 Å². The molecular formula is C11H10F3NO2. The maximum atomic E-state index is 12.0. The molecule has 0 aromatic heterocycles. The lowest BCUT2D eigenvalue weighted by atomic mass is 10.3. The van der Waals surface area contributed by atoms with Crippen LogP contribution in [0, 0.1) is 0 Å². The van der Waals surface area contributed by atoms with Crippen molar-refractivity contribution in [2.24, 2.45) is 0 Å². The average Bonchev–Trinajstić information content (AvgIpc) is 2.25. The Hall–Kier alpha value is -1.98. The first-order valence-corrected chi connectivity index (χ1v) is 4.65. The molecule has 17 heavy (non-hydrogen) atoms. The van der Waals surface area contributed by atoms with Gasteiger partial charge in [-0.1, -0.05) is 18.7 Å². The molecular weight excluding hydrogens is 235 g/mol. The summed E-state index contributed by atoms with van der Waals surface area (Å²) in [6, 6.07) is 5.68. The van der Waals surface area contributed by atoms with Gasteiger partial charge in [0.2, 0.25) is 0 Å². The van der Waals surface area contributed by atoms with Crippen molar-refractivity contribution in [3.8, 4) is 5.75 Å². The van der Waals surface area contributed by atoms with Gasteiger partial charge in [-0.2, -0.15) is 13.2 Å². The van der Waals surface area contributed by atoms with Gasteiger partial charge in [0.25, 0.3) is 0 Å². The third kappa shape index (κ3) is 4.18. The van der Waals surface area contributed by atoms with Crippen LogP contribution in [0.15, 0.2) is 36.9 Å². The molecule has 1 aromatic rings. The predicted octanol–water partition coefficient (Wildman–Crippen LogP) is 2.75. The second-order valence-electron chi connectivity index (χ2n) is 3.08. The Morgan fingerprint density at radius 2 is 2.18 bits per heavy atom. The third-order valence-corrected chi connectivity index (χ3v) is 1.72. The molecule has 0 saturated heterocycles. The second kappa shape index (κ2) is 5.38. The first-order valence-electron chi connectivity index (χ1n) is 4.65. The first kappa shape index (κ1) is 13.1. The molecule has 0 heterocycles. The summed E-state index contributed by atoms with van der Waals surface area (Å²) in [5.74, 6) is -1.66. The number of carbonyl (C=O) groups is 1. The summed E-state index contributed by atoms with van der Waals surface area (Å²) < 4.78 is 41.1. The molecule has 0 aliphatic rings. The van der Waals surface area contributed by atoms with Gasteiger partial charge in [-0.25, -0.2) is 0 Å². The summed E-state index contributed by atoms with van der Waals surface area (Å²) in [5.41, 5.74) is 0.0221. The van der Waals surface area contributed by atoms with Crippen LogP contribution in [-0.2, 0) is 4.79 Å². The zero-order valence-corrected chi connectivity index (χ0v) is 8.75. The predicted molar refractivity (Wildman–Crippen MR) is 56.8 cm³/mol. The molecule has 0 unspecified atom stereocenters. The molecule has 6 heteroatoms. The van der Waals surface area contributed by atoms with E-state index in [2.05, 4.69) is 6.58 Å². The number of rotatable bonds is 4. The minimum atomic E-state index is -4.90. The zero-order valence-electron chi connectivity index (χ0n) is 8.75. The molecule has 1 N–H and O–H groups in total. The van der Waals surface area contributed by atoms with E-state index >= 15 is 0 Å². The third-order valence-electron chi connectivity index (χ3n) is 1.72. The molecule has 3 nitrogen and oxygen atoms in total. The monoisotopic (exact) mass is 245 g/mol. The summed E-state index contributed by atoms with van der Waals surface area (Å²) >= 11 is 0. The van der Waals surface area contributed by atoms with Gasteiger partial charge < -0.3 is 10.1 Å². The van der Waals surface area contributed by atoms with E-state index in [1.807, 2.05) is 0 Å². The number of hydrogen-bond donors (Lipinski definition) is 1. The van der Waals surface area contributed by atoms with Gasteiger partial charge in [-0.15, -0.1) is 0 Å². The maximum absolute atomic E-state index is 12.0. The van der Waals surface area contributed by atoms with Gasteiger partial charge in [0, 0.05) is 11.8 Å². The molecule has 1 rings (SSSR count). The number of nitrogens with one attached hydrogen (secondary N) is 1. The molecule has 0 bridgehead atoms. The van der Waals surface area contributed by atoms with Crippen molar-refractivity contribution in [3.63, 3.8) is 0 Å². The van der Waals surface area contributed by atoms with Gasteiger partial charge in [-0.05, 0) is 12.1 Å². The fourth-order valence-electron chi connectivity index (χ4n) is 1.02. The zero-order chi connectivity index (χ0) is 12.9. The molecule has 0 spiro atoms. The van der Waals surface area contributed by atoms with E-state index in [0.29, 0.717) is 5.75 Å². The lowest BCUT2D eigenvalue weighted by molar-refractivity contribution is -0.167. The normalized spacial score (nSPS) is 10.8. The van der Waals surface area contributed by atoms with Crippen LogP contribution in [0.5, 0.6) is 5.75 Å². The van der Waals surface area contributed by atoms with Crippen LogP contribution in [0.3, 0.4) is 0 Å². The maximum Gasteiger partial charge on any atom is 0.471 e. The van der Waals surface area contributed by atoms with Crippen molar-refractivity contribution in [3.05, 3.63) is 36.9 Å². The van der Waals surface area contributed by atoms with Crippen LogP contribution in [-0.4, -0.2) is 18.7 Å². The lowest BCUT2D eigenvalue weighted by Gasteiger charge is -2.09. The number of halogens is 3. The number of amides is 1. The van der Waals surface area contributed by atoms with Crippen molar-refractivity contribution in [2.75, 3.05) is 11.9 Å². The van der Waals surface area contributed by atoms with Crippen LogP contribution >= 0.6 is 0 Å². The van der Waals surface area contributed by atoms with Gasteiger partial charge in [0.1, 0.15) is 12.4 Å². The molecule has 0 atom stereocenters. The topological polar surface area (TPSA) is 38.3 Å². The van der Waals surface area contributed by atoms with E-state index in [-0.39, 0.29) is 12.3 Å². The summed E-state index contributed by atoms with van der Waals surface area (Å²) in [4.78, 5) is 10.7. The Morgan fingerprint density at radius 3 is 2.76 bits per heavy atom. The summed E-state index contributed by atoms with van der Waals surface area (Å²) in [6.45, 7) is 3.67. The first-order chi connectivity index (χ1) is 7.93. The van der Waals surface area contributed by atoms with Gasteiger partial charge in [0.15, 0.2) is 0 Å². The van der Waals surface area contributed by atoms with Gasteiger partial charge >= 0.3 is 12.1 Å². The lowest BCUT2D eigenvalue weighted by Crippen LogP contribution is -2.29. The highest BCUT2D eigenvalue weighted by Crippen LogP contribution is 2.21. The standard InChI is InChI=1S/C11H10F3NO2/c1-2-6-17-9-5-3-4-8(7-9)15-10(16)11(12,13)14/h2-5,7H,1,6H2,(H,15,16). The Balaban J connectivity index is 2.72. The number of hydrogen-bond acceptors (Lipinski definition) is 2. The van der Waals surface area contributed by atoms with Crippen LogP contribution in [0.4, 0.5) is 18.9 Å². The Morgan fingerprint density at radius 1 is 1.47 bits per heavy atom. The van der Waals surface area contributed by atoms with Crippen molar-refractivity contribution in [1.29, 1.82) is 0 Å². The smallest absolute Gasteiger partial charge is 0.471 e. The molecule has 1 amide bonds. The molecule has 1 aromatic carbocycles. The number of ether oxygens (including phenoxy) is 1. The molecule has 0 aliphatic carbocycles. The molecule has 92 valence electrons. The van der Waals surface area contributed by atoms with E-state index in [0.717, 1.165) is 0 Å². The Kier molecular flexibility index (Phi) is 4.14. The van der Waals surface area contributed by atoms with Crippen molar-refractivity contribution < 1.29 is 22.7 Å². The van der Waals surface area contributed by atoms with Gasteiger partial charge in [-0.3, -0.25) is 4.79 Å². The fourth-order valence-corrected chi connectivity index (χ4v) is 1.02. The number of alkyl halides is 3. The minimum Gasteiger partial charge on any atom is -0.489 e. The Bertz CT molecular complexity index is 415. The quantitative estimate of drug-likeness (QED) is 0.828. The average molecular weight is 245 g/mol. The summed E-state index contributed by atoms with van der Waals surface area (Å²) in [6.07, 6.45) is -3.40. The van der Waals surface area contributed by atoms with E-state index in [1.54, 1.807) is 11.4 Å². The van der Waals surface area contributed by atoms with Gasteiger partial charge in [0.05, 0.1) is 0 Å². The summed E-state index contributed by atoms with van der Waals surface area (Å²) in [7, 11) is 0. The largest absolute Gasteiger partial charge is 0.489 e. The highest BCUT2D eigenvalue weighted by molar-refractivity contribution is 5.95. The highest BCUT2D eigenvalue weighted by Gasteiger charge is 2.38. The molecule has 0 saturated carbocycles. The fraction of sp³-hybridized carbons (Fsp3) is 0.182. The van der Waals surface area contributed by atoms with Crippen LogP contribution < -0.4 is 10.1 Å². The molecule has 0 fully saturated rings. The number of anilines is 1. The summed E-state index contributed by atoms with van der Waals surface area (Å²) in [5, 5.41) is 1.73. The van der Waals surface area contributed by atoms with Crippen molar-refractivity contribution >= 4 is 11.6 Å². The van der Waals surface area contributed by atoms with Crippen LogP contribution in [0.1, 0.15) is 0 Å². The van der Waals surface area contributed by atoms with E-state index in [4.69, 9.17) is 4.74 Å². The SMILES string of the molecule is C=CCOc1cccc(NC(=O)C(F)(F)F)c1. The number of carbonyl (C=O) groups excluding carboxylic acids is 1. The number of benzene rings is 1. The minimum absolute atomic E-state index is 0.0221. The van der Waals surface area contributed by atoms with Crippen molar-refractivity contribution in [1.82, 2.24) is 0 Å². The van der Waals surface area contributed by atoms with Crippen LogP contribution in [0.25, 0.3) is 0 Å². The van der Waals surface area contributed by atoms with E-state index < -0.39 is 12.1 Å². The molecule has 0 radical (unpaired) electrons. The van der Waals surface area contributed by atoms with E-state index in [9.17, 15) is 18.0 Å². The van der Waals surface area contributed by atoms with Crippen molar-refractivity contribution in [2.45, 2.75) is 6.18 Å². The van der Waals surface area contributed by atoms with E-state index in [1.165, 1.54) is 24.3 Å². The second-order valence-corrected chi connectivity index (χ2v) is 3.08. The highest BCUT2D eigenvalue weighted by atomic mass is 19.4.